The highest BCUT2D eigenvalue weighted by Gasteiger charge is 2.29. The van der Waals surface area contributed by atoms with Crippen LogP contribution in [0, 0.1) is 5.92 Å². The van der Waals surface area contributed by atoms with Gasteiger partial charge in [-0.1, -0.05) is 13.8 Å². The minimum Gasteiger partial charge on any atom is -0.346 e. The Morgan fingerprint density at radius 3 is 2.55 bits per heavy atom. The number of nitrogens with one attached hydrogen (secondary N) is 1. The van der Waals surface area contributed by atoms with Gasteiger partial charge in [0.25, 0.3) is 0 Å². The number of hydrogen-bond donors (Lipinski definition) is 1. The molecule has 1 rings (SSSR count). The largest absolute Gasteiger partial charge is 0.346 e. The molecule has 0 radical (unpaired) electrons. The number of carbonyl (C=O) groups excluding carboxylic acids is 2. The summed E-state index contributed by atoms with van der Waals surface area (Å²) in [5.41, 5.74) is 0. The van der Waals surface area contributed by atoms with Gasteiger partial charge >= 0.3 is 0 Å². The van der Waals surface area contributed by atoms with Crippen LogP contribution in [-0.2, 0) is 9.59 Å². The Hall–Kier alpha value is -0.860. The summed E-state index contributed by atoms with van der Waals surface area (Å²) >= 11 is 0. The Kier molecular flexibility index (Phi) is 2.27. The lowest BCUT2D eigenvalue weighted by Crippen LogP contribution is -2.30. The fourth-order valence-electron chi connectivity index (χ4n) is 1.27. The van der Waals surface area contributed by atoms with E-state index in [9.17, 15) is 9.59 Å². The molecule has 3 nitrogen and oxygen atoms in total. The number of amides is 1. The van der Waals surface area contributed by atoms with Crippen LogP contribution in [-0.4, -0.2) is 17.7 Å². The van der Waals surface area contributed by atoms with E-state index in [2.05, 4.69) is 5.32 Å². The Balaban J connectivity index is 2.47. The average molecular weight is 155 g/mol. The zero-order valence-corrected chi connectivity index (χ0v) is 6.89. The SMILES string of the molecule is CC(C)CC1NC(=O)CC1=O. The molecule has 3 heteroatoms. The maximum absolute atomic E-state index is 11.0. The van der Waals surface area contributed by atoms with Gasteiger partial charge in [-0.25, -0.2) is 0 Å². The number of Topliss-reactive ketones (excluding diaryl/α,β-unsaturated/α-hetero) is 1. The summed E-state index contributed by atoms with van der Waals surface area (Å²) in [6.45, 7) is 4.08. The third-order valence-electron chi connectivity index (χ3n) is 1.77. The molecule has 62 valence electrons. The van der Waals surface area contributed by atoms with E-state index in [0.29, 0.717) is 5.92 Å². The van der Waals surface area contributed by atoms with Gasteiger partial charge in [0.2, 0.25) is 5.91 Å². The van der Waals surface area contributed by atoms with Crippen molar-refractivity contribution in [3.05, 3.63) is 0 Å². The quantitative estimate of drug-likeness (QED) is 0.590. The van der Waals surface area contributed by atoms with Crippen molar-refractivity contribution in [2.45, 2.75) is 32.7 Å². The van der Waals surface area contributed by atoms with Gasteiger partial charge in [0.05, 0.1) is 12.5 Å². The van der Waals surface area contributed by atoms with Gasteiger partial charge in [-0.05, 0) is 12.3 Å². The molecule has 1 N–H and O–H groups in total. The molecule has 1 amide bonds. The maximum atomic E-state index is 11.0. The molecule has 0 bridgehead atoms. The van der Waals surface area contributed by atoms with E-state index in [0.717, 1.165) is 6.42 Å². The van der Waals surface area contributed by atoms with Crippen LogP contribution in [0.5, 0.6) is 0 Å². The molecule has 0 aliphatic carbocycles. The van der Waals surface area contributed by atoms with Crippen molar-refractivity contribution in [2.75, 3.05) is 0 Å². The summed E-state index contributed by atoms with van der Waals surface area (Å²) in [5, 5.41) is 2.65. The summed E-state index contributed by atoms with van der Waals surface area (Å²) in [6, 6.07) is -0.206. The van der Waals surface area contributed by atoms with Crippen LogP contribution >= 0.6 is 0 Å². The van der Waals surface area contributed by atoms with Crippen LogP contribution in [0.15, 0.2) is 0 Å². The molecule has 0 spiro atoms. The number of ketones is 1. The summed E-state index contributed by atoms with van der Waals surface area (Å²) in [5.74, 6) is 0.381. The summed E-state index contributed by atoms with van der Waals surface area (Å²) in [7, 11) is 0. The lowest BCUT2D eigenvalue weighted by atomic mass is 10.0. The monoisotopic (exact) mass is 155 g/mol. The zero-order valence-electron chi connectivity index (χ0n) is 6.89. The van der Waals surface area contributed by atoms with Crippen molar-refractivity contribution in [3.63, 3.8) is 0 Å². The van der Waals surface area contributed by atoms with Gasteiger partial charge in [0.1, 0.15) is 0 Å². The molecule has 1 fully saturated rings. The van der Waals surface area contributed by atoms with E-state index in [1.807, 2.05) is 13.8 Å². The second-order valence-corrected chi connectivity index (χ2v) is 3.39. The van der Waals surface area contributed by atoms with E-state index in [1.165, 1.54) is 0 Å². The first-order chi connectivity index (χ1) is 5.09. The zero-order chi connectivity index (χ0) is 8.43. The number of hydrogen-bond acceptors (Lipinski definition) is 2. The van der Waals surface area contributed by atoms with Gasteiger partial charge in [-0.3, -0.25) is 9.59 Å². The summed E-state index contributed by atoms with van der Waals surface area (Å²) in [6.07, 6.45) is 0.849. The Labute approximate surface area is 66.2 Å². The molecule has 1 heterocycles. The van der Waals surface area contributed by atoms with Crippen molar-refractivity contribution in [2.24, 2.45) is 5.92 Å². The molecule has 11 heavy (non-hydrogen) atoms. The summed E-state index contributed by atoms with van der Waals surface area (Å²) < 4.78 is 0. The maximum Gasteiger partial charge on any atom is 0.228 e. The Morgan fingerprint density at radius 2 is 2.18 bits per heavy atom. The first-order valence-corrected chi connectivity index (χ1v) is 3.91. The molecule has 0 saturated carbocycles. The standard InChI is InChI=1S/C8H13NO2/c1-5(2)3-6-7(10)4-8(11)9-6/h5-6H,3-4H2,1-2H3,(H,9,11). The molecule has 1 saturated heterocycles. The molecule has 1 unspecified atom stereocenters. The number of rotatable bonds is 2. The minimum absolute atomic E-state index is 0.0451. The lowest BCUT2D eigenvalue weighted by molar-refractivity contribution is -0.122. The second kappa shape index (κ2) is 3.03. The summed E-state index contributed by atoms with van der Waals surface area (Å²) in [4.78, 5) is 21.8. The minimum atomic E-state index is -0.206. The van der Waals surface area contributed by atoms with Crippen LogP contribution in [0.1, 0.15) is 26.7 Å². The van der Waals surface area contributed by atoms with Gasteiger partial charge in [0.15, 0.2) is 5.78 Å². The van der Waals surface area contributed by atoms with E-state index in [-0.39, 0.29) is 24.2 Å². The van der Waals surface area contributed by atoms with Crippen molar-refractivity contribution in [1.29, 1.82) is 0 Å². The molecular formula is C8H13NO2. The molecule has 1 atom stereocenters. The van der Waals surface area contributed by atoms with Crippen LogP contribution in [0.25, 0.3) is 0 Å². The van der Waals surface area contributed by atoms with E-state index in [1.54, 1.807) is 0 Å². The van der Waals surface area contributed by atoms with Crippen LogP contribution in [0.4, 0.5) is 0 Å². The van der Waals surface area contributed by atoms with Crippen LogP contribution < -0.4 is 5.32 Å². The van der Waals surface area contributed by atoms with Crippen LogP contribution in [0.3, 0.4) is 0 Å². The molecule has 0 aromatic rings. The van der Waals surface area contributed by atoms with Crippen molar-refractivity contribution < 1.29 is 9.59 Å². The van der Waals surface area contributed by atoms with Gasteiger partial charge < -0.3 is 5.32 Å². The van der Waals surface area contributed by atoms with Gasteiger partial charge in [-0.15, -0.1) is 0 Å². The van der Waals surface area contributed by atoms with Gasteiger partial charge in [-0.2, -0.15) is 0 Å². The average Bonchev–Trinajstić information content (AvgIpc) is 2.09. The Bertz CT molecular complexity index is 187. The normalized spacial score (nSPS) is 24.5. The topological polar surface area (TPSA) is 46.2 Å². The fraction of sp³-hybridized carbons (Fsp3) is 0.750. The number of carbonyl (C=O) groups is 2. The lowest BCUT2D eigenvalue weighted by Gasteiger charge is -2.10. The van der Waals surface area contributed by atoms with E-state index >= 15 is 0 Å². The second-order valence-electron chi connectivity index (χ2n) is 3.39. The van der Waals surface area contributed by atoms with Crippen molar-refractivity contribution >= 4 is 11.7 Å². The van der Waals surface area contributed by atoms with Crippen LogP contribution in [0.2, 0.25) is 0 Å². The molecular weight excluding hydrogens is 142 g/mol. The van der Waals surface area contributed by atoms with Gasteiger partial charge in [0, 0.05) is 0 Å². The first-order valence-electron chi connectivity index (χ1n) is 3.91. The fourth-order valence-corrected chi connectivity index (χ4v) is 1.27. The van der Waals surface area contributed by atoms with Crippen molar-refractivity contribution in [1.82, 2.24) is 5.32 Å². The molecule has 1 aliphatic heterocycles. The molecule has 1 aliphatic rings. The highest BCUT2D eigenvalue weighted by molar-refractivity contribution is 6.07. The molecule has 0 aromatic heterocycles. The van der Waals surface area contributed by atoms with E-state index < -0.39 is 0 Å². The third kappa shape index (κ3) is 2.03. The third-order valence-corrected chi connectivity index (χ3v) is 1.77. The predicted octanol–water partition coefficient (Wildman–Crippen LogP) is 0.490. The first kappa shape index (κ1) is 8.24. The Morgan fingerprint density at radius 1 is 1.55 bits per heavy atom. The smallest absolute Gasteiger partial charge is 0.228 e. The predicted molar refractivity (Wildman–Crippen MR) is 41.0 cm³/mol. The molecule has 0 aromatic carbocycles. The highest BCUT2D eigenvalue weighted by Crippen LogP contribution is 2.11. The highest BCUT2D eigenvalue weighted by atomic mass is 16.2. The van der Waals surface area contributed by atoms with Crippen molar-refractivity contribution in [3.8, 4) is 0 Å². The van der Waals surface area contributed by atoms with E-state index in [4.69, 9.17) is 0 Å².